The second kappa shape index (κ2) is 7.03. The number of rotatable bonds is 4. The van der Waals surface area contributed by atoms with Gasteiger partial charge in [0.1, 0.15) is 12.2 Å². The summed E-state index contributed by atoms with van der Waals surface area (Å²) < 4.78 is 6.50. The smallest absolute Gasteiger partial charge is 0.333 e. The number of aromatic nitrogens is 1. The maximum absolute atomic E-state index is 12.8. The van der Waals surface area contributed by atoms with Gasteiger partial charge >= 0.3 is 12.0 Å². The largest absolute Gasteiger partial charge is 0.468 e. The third kappa shape index (κ3) is 3.03. The predicted octanol–water partition coefficient (Wildman–Crippen LogP) is 2.91. The molecule has 3 aromatic rings. The van der Waals surface area contributed by atoms with Crippen LogP contribution in [0.1, 0.15) is 5.56 Å². The number of para-hydroxylation sites is 2. The molecule has 7 heteroatoms. The zero-order valence-corrected chi connectivity index (χ0v) is 15.1. The first-order valence-electron chi connectivity index (χ1n) is 8.65. The Labute approximate surface area is 160 Å². The molecule has 7 nitrogen and oxygen atoms in total. The van der Waals surface area contributed by atoms with Gasteiger partial charge in [0.25, 0.3) is 5.91 Å². The van der Waals surface area contributed by atoms with E-state index in [1.54, 1.807) is 41.1 Å². The van der Waals surface area contributed by atoms with E-state index < -0.39 is 11.9 Å². The van der Waals surface area contributed by atoms with Gasteiger partial charge in [-0.2, -0.15) is 0 Å². The molecule has 0 bridgehead atoms. The lowest BCUT2D eigenvalue weighted by Gasteiger charge is -2.10. The van der Waals surface area contributed by atoms with Gasteiger partial charge in [0, 0.05) is 22.7 Å². The highest BCUT2D eigenvalue weighted by Gasteiger charge is 2.34. The maximum Gasteiger partial charge on any atom is 0.333 e. The molecule has 4 rings (SSSR count). The van der Waals surface area contributed by atoms with Crippen LogP contribution in [0.2, 0.25) is 0 Å². The lowest BCUT2D eigenvalue weighted by atomic mass is 10.1. The molecule has 0 spiro atoms. The van der Waals surface area contributed by atoms with Gasteiger partial charge in [-0.25, -0.2) is 9.69 Å². The topological polar surface area (TPSA) is 80.6 Å². The number of nitrogens with zero attached hydrogens (tertiary/aromatic N) is 2. The fourth-order valence-electron chi connectivity index (χ4n) is 3.23. The molecule has 28 heavy (non-hydrogen) atoms. The molecule has 1 aliphatic rings. The van der Waals surface area contributed by atoms with Crippen LogP contribution in [0.25, 0.3) is 17.0 Å². The van der Waals surface area contributed by atoms with Gasteiger partial charge in [-0.3, -0.25) is 9.59 Å². The molecule has 1 fully saturated rings. The van der Waals surface area contributed by atoms with Crippen molar-refractivity contribution in [2.75, 3.05) is 12.0 Å². The lowest BCUT2D eigenvalue weighted by molar-refractivity contribution is -0.141. The molecule has 0 radical (unpaired) electrons. The van der Waals surface area contributed by atoms with Crippen LogP contribution in [0.15, 0.2) is 66.5 Å². The average Bonchev–Trinajstić information content (AvgIpc) is 3.19. The van der Waals surface area contributed by atoms with E-state index >= 15 is 0 Å². The van der Waals surface area contributed by atoms with E-state index in [0.717, 1.165) is 21.4 Å². The minimum Gasteiger partial charge on any atom is -0.468 e. The van der Waals surface area contributed by atoms with E-state index in [1.807, 2.05) is 30.3 Å². The van der Waals surface area contributed by atoms with Crippen molar-refractivity contribution in [3.8, 4) is 0 Å². The van der Waals surface area contributed by atoms with Crippen molar-refractivity contribution in [3.63, 3.8) is 0 Å². The lowest BCUT2D eigenvalue weighted by Crippen LogP contribution is -2.30. The van der Waals surface area contributed by atoms with E-state index in [1.165, 1.54) is 7.11 Å². The van der Waals surface area contributed by atoms with Crippen LogP contribution >= 0.6 is 0 Å². The van der Waals surface area contributed by atoms with E-state index in [2.05, 4.69) is 5.32 Å². The highest BCUT2D eigenvalue weighted by atomic mass is 16.5. The number of hydrogen-bond acceptors (Lipinski definition) is 4. The number of benzene rings is 2. The number of methoxy groups -OCH3 is 1. The maximum atomic E-state index is 12.8. The van der Waals surface area contributed by atoms with E-state index in [0.29, 0.717) is 5.69 Å². The SMILES string of the molecule is COC(=O)Cn1cc(C=C2NC(=O)N(c3ccccc3)C2=O)c2ccccc21. The Morgan fingerprint density at radius 3 is 2.54 bits per heavy atom. The summed E-state index contributed by atoms with van der Waals surface area (Å²) in [6, 6.07) is 15.7. The summed E-state index contributed by atoms with van der Waals surface area (Å²) in [5.41, 5.74) is 2.23. The Hall–Kier alpha value is -3.87. The van der Waals surface area contributed by atoms with Crippen LogP contribution in [0.3, 0.4) is 0 Å². The molecule has 2 aromatic carbocycles. The number of hydrogen-bond donors (Lipinski definition) is 1. The minimum absolute atomic E-state index is 0.0522. The van der Waals surface area contributed by atoms with Crippen molar-refractivity contribution in [2.24, 2.45) is 0 Å². The van der Waals surface area contributed by atoms with Crippen LogP contribution in [0.5, 0.6) is 0 Å². The number of urea groups is 1. The zero-order chi connectivity index (χ0) is 19.7. The predicted molar refractivity (Wildman–Crippen MR) is 104 cm³/mol. The van der Waals surface area contributed by atoms with Crippen LogP contribution in [-0.4, -0.2) is 29.6 Å². The molecule has 1 aromatic heterocycles. The second-order valence-corrected chi connectivity index (χ2v) is 6.27. The number of carbonyl (C=O) groups is 3. The van der Waals surface area contributed by atoms with E-state index in [-0.39, 0.29) is 18.2 Å². The Morgan fingerprint density at radius 2 is 1.79 bits per heavy atom. The molecule has 0 atom stereocenters. The Kier molecular flexibility index (Phi) is 4.41. The van der Waals surface area contributed by atoms with Crippen molar-refractivity contribution in [2.45, 2.75) is 6.54 Å². The van der Waals surface area contributed by atoms with Crippen molar-refractivity contribution in [1.82, 2.24) is 9.88 Å². The van der Waals surface area contributed by atoms with Gasteiger partial charge in [0.2, 0.25) is 0 Å². The normalized spacial score (nSPS) is 15.3. The third-order valence-electron chi connectivity index (χ3n) is 4.54. The molecule has 2 heterocycles. The molecule has 1 saturated heterocycles. The van der Waals surface area contributed by atoms with Crippen molar-refractivity contribution >= 4 is 40.6 Å². The summed E-state index contributed by atoms with van der Waals surface area (Å²) in [6.45, 7) is 0.0522. The van der Waals surface area contributed by atoms with Gasteiger partial charge in [-0.15, -0.1) is 0 Å². The average molecular weight is 375 g/mol. The quantitative estimate of drug-likeness (QED) is 0.432. The van der Waals surface area contributed by atoms with Crippen LogP contribution in [0, 0.1) is 0 Å². The highest BCUT2D eigenvalue weighted by Crippen LogP contribution is 2.26. The van der Waals surface area contributed by atoms with Gasteiger partial charge in [-0.05, 0) is 24.3 Å². The Morgan fingerprint density at radius 1 is 1.07 bits per heavy atom. The molecular weight excluding hydrogens is 358 g/mol. The number of anilines is 1. The fraction of sp³-hybridized carbons (Fsp3) is 0.0952. The standard InChI is InChI=1S/C21H17N3O4/c1-28-19(25)13-23-12-14(16-9-5-6-10-18(16)23)11-17-20(26)24(21(27)22-17)15-7-3-2-4-8-15/h2-12H,13H2,1H3,(H,22,27). The minimum atomic E-state index is -0.499. The van der Waals surface area contributed by atoms with Gasteiger partial charge in [-0.1, -0.05) is 36.4 Å². The summed E-state index contributed by atoms with van der Waals surface area (Å²) in [4.78, 5) is 37.9. The third-order valence-corrected chi connectivity index (χ3v) is 4.54. The molecule has 0 unspecified atom stereocenters. The molecular formula is C21H17N3O4. The Balaban J connectivity index is 1.73. The second-order valence-electron chi connectivity index (χ2n) is 6.27. The van der Waals surface area contributed by atoms with Crippen LogP contribution < -0.4 is 10.2 Å². The van der Waals surface area contributed by atoms with Crippen molar-refractivity contribution in [1.29, 1.82) is 0 Å². The number of esters is 1. The van der Waals surface area contributed by atoms with Crippen molar-refractivity contribution < 1.29 is 19.1 Å². The summed E-state index contributed by atoms with van der Waals surface area (Å²) in [5, 5.41) is 3.48. The first-order chi connectivity index (χ1) is 13.6. The number of nitrogens with one attached hydrogen (secondary N) is 1. The number of ether oxygens (including phenoxy) is 1. The fourth-order valence-corrected chi connectivity index (χ4v) is 3.23. The van der Waals surface area contributed by atoms with Gasteiger partial charge in [0.15, 0.2) is 0 Å². The Bertz CT molecular complexity index is 1120. The molecule has 3 amide bonds. The molecule has 1 N–H and O–H groups in total. The monoisotopic (exact) mass is 375 g/mol. The van der Waals surface area contributed by atoms with E-state index in [4.69, 9.17) is 4.74 Å². The number of amides is 3. The van der Waals surface area contributed by atoms with Crippen LogP contribution in [-0.2, 0) is 20.9 Å². The van der Waals surface area contributed by atoms with Gasteiger partial charge < -0.3 is 14.6 Å². The van der Waals surface area contributed by atoms with Gasteiger partial charge in [0.05, 0.1) is 12.8 Å². The number of imide groups is 1. The summed E-state index contributed by atoms with van der Waals surface area (Å²) in [5.74, 6) is -0.804. The first-order valence-corrected chi connectivity index (χ1v) is 8.65. The van der Waals surface area contributed by atoms with E-state index in [9.17, 15) is 14.4 Å². The van der Waals surface area contributed by atoms with Crippen LogP contribution in [0.4, 0.5) is 10.5 Å². The summed E-state index contributed by atoms with van der Waals surface area (Å²) in [6.07, 6.45) is 3.39. The first kappa shape index (κ1) is 17.5. The molecule has 0 saturated carbocycles. The summed E-state index contributed by atoms with van der Waals surface area (Å²) in [7, 11) is 1.34. The number of fused-ring (bicyclic) bond motifs is 1. The zero-order valence-electron chi connectivity index (χ0n) is 15.1. The summed E-state index contributed by atoms with van der Waals surface area (Å²) >= 11 is 0. The molecule has 1 aliphatic heterocycles. The molecule has 0 aliphatic carbocycles. The van der Waals surface area contributed by atoms with Crippen molar-refractivity contribution in [3.05, 3.63) is 72.1 Å². The number of carbonyl (C=O) groups excluding carboxylic acids is 3. The highest BCUT2D eigenvalue weighted by molar-refractivity contribution is 6.28. The molecule has 140 valence electrons.